The van der Waals surface area contributed by atoms with Crippen molar-refractivity contribution in [3.8, 4) is 0 Å². The lowest BCUT2D eigenvalue weighted by atomic mass is 10.1. The van der Waals surface area contributed by atoms with Gasteiger partial charge in [-0.25, -0.2) is 0 Å². The summed E-state index contributed by atoms with van der Waals surface area (Å²) in [5.41, 5.74) is 0. The summed E-state index contributed by atoms with van der Waals surface area (Å²) in [7, 11) is 4.41. The predicted molar refractivity (Wildman–Crippen MR) is 152 cm³/mol. The molecule has 2 nitrogen and oxygen atoms in total. The maximum atomic E-state index is 2.74. The topological polar surface area (TPSA) is 6.48 Å². The molecule has 0 aromatic heterocycles. The van der Waals surface area contributed by atoms with Crippen LogP contribution < -0.4 is 0 Å². The molecule has 0 aliphatic heterocycles. The van der Waals surface area contributed by atoms with Crippen molar-refractivity contribution in [2.24, 2.45) is 0 Å². The molecule has 0 fully saturated rings. The molecule has 0 saturated carbocycles. The van der Waals surface area contributed by atoms with Crippen LogP contribution in [0, 0.1) is 0 Å². The molecule has 198 valence electrons. The monoisotopic (exact) mass is 465 g/mol. The number of hydrogen-bond acceptors (Lipinski definition) is 2. The number of hydrogen-bond donors (Lipinski definition) is 0. The molecule has 0 saturated heterocycles. The van der Waals surface area contributed by atoms with E-state index in [2.05, 4.69) is 49.9 Å². The molecule has 0 unspecified atom stereocenters. The zero-order valence-electron chi connectivity index (χ0n) is 23.7. The van der Waals surface area contributed by atoms with E-state index < -0.39 is 0 Å². The van der Waals surface area contributed by atoms with Gasteiger partial charge in [-0.15, -0.1) is 0 Å². The minimum Gasteiger partial charge on any atom is -0.308 e. The maximum Gasteiger partial charge on any atom is 0.0109 e. The summed E-state index contributed by atoms with van der Waals surface area (Å²) in [6, 6.07) is 0. The number of unbranched alkanes of at least 4 members (excludes halogenated alkanes) is 18. The number of rotatable bonds is 27. The van der Waals surface area contributed by atoms with Gasteiger partial charge in [-0.2, -0.15) is 0 Å². The van der Waals surface area contributed by atoms with Gasteiger partial charge in [-0.1, -0.05) is 122 Å². The zero-order valence-corrected chi connectivity index (χ0v) is 23.7. The van der Waals surface area contributed by atoms with Gasteiger partial charge in [0.2, 0.25) is 0 Å². The van der Waals surface area contributed by atoms with Crippen molar-refractivity contribution in [3.05, 3.63) is 12.2 Å². The van der Waals surface area contributed by atoms with Crippen LogP contribution in [-0.4, -0.2) is 50.1 Å². The summed E-state index contributed by atoms with van der Waals surface area (Å²) < 4.78 is 0. The van der Waals surface area contributed by atoms with E-state index in [0.717, 1.165) is 0 Å². The van der Waals surface area contributed by atoms with Crippen LogP contribution in [0.15, 0.2) is 12.2 Å². The molecule has 33 heavy (non-hydrogen) atoms. The first-order chi connectivity index (χ1) is 16.2. The van der Waals surface area contributed by atoms with Crippen LogP contribution in [0.4, 0.5) is 0 Å². The minimum absolute atomic E-state index is 1.20. The molecular formula is C31H64N2. The highest BCUT2D eigenvalue weighted by atomic mass is 15.2. The van der Waals surface area contributed by atoms with Crippen LogP contribution in [-0.2, 0) is 0 Å². The second-order valence-electron chi connectivity index (χ2n) is 10.7. The fourth-order valence-corrected chi connectivity index (χ4v) is 4.55. The molecule has 0 rings (SSSR count). The Morgan fingerprint density at radius 3 is 1.15 bits per heavy atom. The van der Waals surface area contributed by atoms with E-state index in [0.29, 0.717) is 0 Å². The molecule has 0 radical (unpaired) electrons. The highest BCUT2D eigenvalue weighted by Crippen LogP contribution is 2.11. The molecule has 0 atom stereocenters. The minimum atomic E-state index is 1.20. The number of likely N-dealkylation sites (N-methyl/N-ethyl adjacent to an activating group) is 1. The Morgan fingerprint density at radius 1 is 0.394 bits per heavy atom. The van der Waals surface area contributed by atoms with Gasteiger partial charge < -0.3 is 9.80 Å². The molecule has 0 heterocycles. The van der Waals surface area contributed by atoms with Gasteiger partial charge in [0.05, 0.1) is 0 Å². The second-order valence-corrected chi connectivity index (χ2v) is 10.7. The number of nitrogens with zero attached hydrogens (tertiary/aromatic N) is 2. The fourth-order valence-electron chi connectivity index (χ4n) is 4.55. The zero-order chi connectivity index (χ0) is 24.2. The molecule has 0 aliphatic rings. The highest BCUT2D eigenvalue weighted by Gasteiger charge is 2.05. The van der Waals surface area contributed by atoms with Crippen molar-refractivity contribution in [2.45, 2.75) is 149 Å². The lowest BCUT2D eigenvalue weighted by Gasteiger charge is -2.24. The lowest BCUT2D eigenvalue weighted by molar-refractivity contribution is 0.231. The Kier molecular flexibility index (Phi) is 27.6. The van der Waals surface area contributed by atoms with Crippen molar-refractivity contribution >= 4 is 0 Å². The highest BCUT2D eigenvalue weighted by molar-refractivity contribution is 4.81. The fraction of sp³-hybridized carbons (Fsp3) is 0.935. The van der Waals surface area contributed by atoms with E-state index in [4.69, 9.17) is 0 Å². The van der Waals surface area contributed by atoms with Crippen molar-refractivity contribution in [1.82, 2.24) is 9.80 Å². The van der Waals surface area contributed by atoms with E-state index in [-0.39, 0.29) is 0 Å². The predicted octanol–water partition coefficient (Wildman–Crippen LogP) is 9.64. The van der Waals surface area contributed by atoms with Gasteiger partial charge in [0.25, 0.3) is 0 Å². The molecular weight excluding hydrogens is 400 g/mol. The Labute approximate surface area is 211 Å². The van der Waals surface area contributed by atoms with Crippen molar-refractivity contribution in [2.75, 3.05) is 40.3 Å². The summed E-state index contributed by atoms with van der Waals surface area (Å²) in [5, 5.41) is 0. The first kappa shape index (κ1) is 32.7. The summed E-state index contributed by atoms with van der Waals surface area (Å²) in [4.78, 5) is 5.07. The molecule has 0 amide bonds. The summed E-state index contributed by atoms with van der Waals surface area (Å²) >= 11 is 0. The van der Waals surface area contributed by atoms with E-state index in [1.807, 2.05) is 0 Å². The average molecular weight is 465 g/mol. The third-order valence-corrected chi connectivity index (χ3v) is 6.93. The lowest BCUT2D eigenvalue weighted by Crippen LogP contribution is -2.33. The second kappa shape index (κ2) is 27.9. The first-order valence-electron chi connectivity index (χ1n) is 15.2. The van der Waals surface area contributed by atoms with Crippen molar-refractivity contribution < 1.29 is 0 Å². The van der Waals surface area contributed by atoms with Crippen molar-refractivity contribution in [3.63, 3.8) is 0 Å². The maximum absolute atomic E-state index is 2.74. The molecule has 0 spiro atoms. The van der Waals surface area contributed by atoms with E-state index in [1.54, 1.807) is 0 Å². The third-order valence-electron chi connectivity index (χ3n) is 6.93. The molecule has 2 heteroatoms. The van der Waals surface area contributed by atoms with Gasteiger partial charge in [0.1, 0.15) is 0 Å². The average Bonchev–Trinajstić information content (AvgIpc) is 2.81. The quantitative estimate of drug-likeness (QED) is 0.0881. The van der Waals surface area contributed by atoms with E-state index >= 15 is 0 Å². The molecule has 0 bridgehead atoms. The standard InChI is InChI=1S/C31H64N2/c1-5-7-9-11-13-14-15-16-17-18-19-20-21-23-25-27-29-33(31-30-32(3)4)28-26-24-22-12-10-8-6-2/h16-17H,5-15,18-31H2,1-4H3. The van der Waals surface area contributed by atoms with Crippen molar-refractivity contribution in [1.29, 1.82) is 0 Å². The Morgan fingerprint density at radius 2 is 0.758 bits per heavy atom. The normalized spacial score (nSPS) is 12.1. The van der Waals surface area contributed by atoms with Crippen LogP contribution >= 0.6 is 0 Å². The largest absolute Gasteiger partial charge is 0.308 e. The molecule has 0 N–H and O–H groups in total. The molecule has 0 aromatic carbocycles. The summed E-state index contributed by atoms with van der Waals surface area (Å²) in [6.07, 6.45) is 34.4. The Balaban J connectivity index is 3.59. The van der Waals surface area contributed by atoms with Gasteiger partial charge in [0.15, 0.2) is 0 Å². The van der Waals surface area contributed by atoms with Gasteiger partial charge >= 0.3 is 0 Å². The first-order valence-corrected chi connectivity index (χ1v) is 15.2. The van der Waals surface area contributed by atoms with Crippen LogP contribution in [0.2, 0.25) is 0 Å². The van der Waals surface area contributed by atoms with Gasteiger partial charge in [-0.3, -0.25) is 0 Å². The van der Waals surface area contributed by atoms with Gasteiger partial charge in [0, 0.05) is 13.1 Å². The Hall–Kier alpha value is -0.340. The van der Waals surface area contributed by atoms with Crippen LogP contribution in [0.3, 0.4) is 0 Å². The van der Waals surface area contributed by atoms with E-state index in [1.165, 1.54) is 161 Å². The van der Waals surface area contributed by atoms with E-state index in [9.17, 15) is 0 Å². The Bertz CT molecular complexity index is 377. The van der Waals surface area contributed by atoms with Crippen LogP contribution in [0.1, 0.15) is 149 Å². The van der Waals surface area contributed by atoms with Crippen LogP contribution in [0.5, 0.6) is 0 Å². The summed E-state index contributed by atoms with van der Waals surface area (Å²) in [6.45, 7) is 9.66. The number of allylic oxidation sites excluding steroid dienone is 2. The molecule has 0 aromatic rings. The third kappa shape index (κ3) is 27.8. The molecule has 0 aliphatic carbocycles. The van der Waals surface area contributed by atoms with Gasteiger partial charge in [-0.05, 0) is 65.7 Å². The smallest absolute Gasteiger partial charge is 0.0109 e. The SMILES string of the molecule is CCCCCCCCC=CCCCCCCCCN(CCCCCCCCC)CCN(C)C. The summed E-state index contributed by atoms with van der Waals surface area (Å²) in [5.74, 6) is 0. The van der Waals surface area contributed by atoms with Crippen LogP contribution in [0.25, 0.3) is 0 Å².